The summed E-state index contributed by atoms with van der Waals surface area (Å²) in [5.41, 5.74) is 1.68. The summed E-state index contributed by atoms with van der Waals surface area (Å²) in [6.45, 7) is 0. The lowest BCUT2D eigenvalue weighted by molar-refractivity contribution is -0.163. The summed E-state index contributed by atoms with van der Waals surface area (Å²) in [7, 11) is 7.40. The number of aromatic hydroxyl groups is 1. The van der Waals surface area contributed by atoms with Gasteiger partial charge in [0.25, 0.3) is 5.91 Å². The molecule has 0 spiro atoms. The second kappa shape index (κ2) is 9.03. The fraction of sp³-hybridized carbons (Fsp3) is 0.440. The Bertz CT molecular complexity index is 1330. The van der Waals surface area contributed by atoms with Crippen LogP contribution in [0.25, 0.3) is 0 Å². The van der Waals surface area contributed by atoms with E-state index in [0.29, 0.717) is 11.3 Å². The number of primary amides is 1. The largest absolute Gasteiger partial charge is 0.510 e. The molecular formula is C25H29N3O10. The first-order chi connectivity index (χ1) is 17.7. The summed E-state index contributed by atoms with van der Waals surface area (Å²) in [5, 5.41) is 44.9. The van der Waals surface area contributed by atoms with E-state index in [1.165, 1.54) is 25.1 Å². The summed E-state index contributed by atoms with van der Waals surface area (Å²) in [5.74, 6) is -8.74. The second-order valence-corrected chi connectivity index (χ2v) is 9.94. The maximum Gasteiger partial charge on any atom is 0.508 e. The van der Waals surface area contributed by atoms with E-state index in [1.807, 2.05) is 0 Å². The van der Waals surface area contributed by atoms with Gasteiger partial charge in [0.05, 0.1) is 24.6 Å². The number of Topliss-reactive ketones (excluding diaryl/α,β-unsaturated/α-hetero) is 2. The van der Waals surface area contributed by atoms with Crippen LogP contribution < -0.4 is 10.6 Å². The molecule has 3 aliphatic carbocycles. The fourth-order valence-corrected chi connectivity index (χ4v) is 5.95. The van der Waals surface area contributed by atoms with Crippen molar-refractivity contribution < 1.29 is 49.1 Å². The topological polar surface area (TPSA) is 200 Å². The number of ether oxygens (including phenoxy) is 2. The van der Waals surface area contributed by atoms with E-state index < -0.39 is 81.6 Å². The van der Waals surface area contributed by atoms with E-state index in [1.54, 1.807) is 25.1 Å². The van der Waals surface area contributed by atoms with Gasteiger partial charge in [0.1, 0.15) is 28.9 Å². The van der Waals surface area contributed by atoms with Crippen molar-refractivity contribution in [2.24, 2.45) is 17.6 Å². The maximum absolute atomic E-state index is 13.8. The first kappa shape index (κ1) is 26.9. The van der Waals surface area contributed by atoms with Gasteiger partial charge in [0.2, 0.25) is 5.78 Å². The number of anilines is 1. The van der Waals surface area contributed by atoms with Crippen LogP contribution in [0, 0.1) is 11.8 Å². The number of nitrogens with zero attached hydrogens (tertiary/aromatic N) is 2. The highest BCUT2D eigenvalue weighted by Crippen LogP contribution is 2.54. The Kier molecular flexibility index (Phi) is 6.40. The number of aliphatic hydroxyl groups is 3. The van der Waals surface area contributed by atoms with Crippen LogP contribution in [0.5, 0.6) is 5.75 Å². The molecule has 0 saturated carbocycles. The van der Waals surface area contributed by atoms with Crippen LogP contribution in [0.4, 0.5) is 10.5 Å². The Morgan fingerprint density at radius 1 is 1.11 bits per heavy atom. The van der Waals surface area contributed by atoms with Crippen LogP contribution >= 0.6 is 0 Å². The molecule has 6 N–H and O–H groups in total. The van der Waals surface area contributed by atoms with E-state index in [-0.39, 0.29) is 12.0 Å². The smallest absolute Gasteiger partial charge is 0.508 e. The normalized spacial score (nSPS) is 28.5. The predicted octanol–water partition coefficient (Wildman–Crippen LogP) is -0.0519. The molecule has 1 aromatic rings. The van der Waals surface area contributed by atoms with Crippen LogP contribution in [0.3, 0.4) is 0 Å². The maximum atomic E-state index is 13.8. The number of aliphatic hydroxyl groups excluding tert-OH is 2. The number of methoxy groups -OCH3 is 1. The van der Waals surface area contributed by atoms with Crippen molar-refractivity contribution in [2.45, 2.75) is 24.2 Å². The number of rotatable bonds is 4. The molecule has 0 aliphatic heterocycles. The lowest BCUT2D eigenvalue weighted by Gasteiger charge is -2.53. The fourth-order valence-electron chi connectivity index (χ4n) is 5.95. The van der Waals surface area contributed by atoms with E-state index in [0.717, 1.165) is 7.11 Å². The van der Waals surface area contributed by atoms with Crippen LogP contribution in [-0.4, -0.2) is 102 Å². The molecule has 204 valence electrons. The Labute approximate surface area is 217 Å². The number of amides is 1. The highest BCUT2D eigenvalue weighted by molar-refractivity contribution is 6.25. The zero-order valence-corrected chi connectivity index (χ0v) is 21.4. The molecule has 13 nitrogen and oxygen atoms in total. The lowest BCUT2D eigenvalue weighted by Crippen LogP contribution is -2.69. The third-order valence-corrected chi connectivity index (χ3v) is 7.51. The number of nitrogens with two attached hydrogens (primary N) is 1. The van der Waals surface area contributed by atoms with Crippen LogP contribution in [0.15, 0.2) is 34.8 Å². The van der Waals surface area contributed by atoms with Crippen molar-refractivity contribution in [3.8, 4) is 5.75 Å². The van der Waals surface area contributed by atoms with E-state index in [2.05, 4.69) is 4.74 Å². The number of benzene rings is 1. The molecule has 0 saturated heterocycles. The number of likely N-dealkylation sites (N-methyl/N-ethyl adjacent to an activating group) is 1. The highest BCUT2D eigenvalue weighted by Gasteiger charge is 2.68. The molecule has 0 bridgehead atoms. The van der Waals surface area contributed by atoms with Gasteiger partial charge in [-0.2, -0.15) is 0 Å². The van der Waals surface area contributed by atoms with Crippen molar-refractivity contribution in [1.82, 2.24) is 4.90 Å². The number of hydrogen-bond donors (Lipinski definition) is 5. The average molecular weight is 532 g/mol. The molecule has 5 atom stereocenters. The van der Waals surface area contributed by atoms with Crippen LogP contribution in [0.2, 0.25) is 0 Å². The Morgan fingerprint density at radius 3 is 2.26 bits per heavy atom. The van der Waals surface area contributed by atoms with Gasteiger partial charge in [-0.15, -0.1) is 0 Å². The first-order valence-corrected chi connectivity index (χ1v) is 11.6. The van der Waals surface area contributed by atoms with Gasteiger partial charge in [0.15, 0.2) is 11.4 Å². The molecule has 13 heteroatoms. The molecule has 4 rings (SSSR count). The molecule has 0 heterocycles. The molecule has 0 unspecified atom stereocenters. The van der Waals surface area contributed by atoms with Crippen molar-refractivity contribution in [3.05, 3.63) is 45.9 Å². The first-order valence-electron chi connectivity index (χ1n) is 11.6. The van der Waals surface area contributed by atoms with Gasteiger partial charge in [0, 0.05) is 31.3 Å². The van der Waals surface area contributed by atoms with Crippen molar-refractivity contribution in [3.63, 3.8) is 0 Å². The molecule has 3 aliphatic rings. The summed E-state index contributed by atoms with van der Waals surface area (Å²) < 4.78 is 10.2. The Balaban J connectivity index is 2.09. The standard InChI is InChI=1S/C25H29N3O10/c1-27(2)11-6-7-12(29)13-9(11)8-10-14(18(13)30)21(32)25(36)16(20(10)38-24(35)37-5)17(28(3)4)19(31)15(22(25)33)23(26)34/h6-7,10,16-17,20,29,31-32,36H,8H2,1-5H3,(H2,26,34)/t10-,16-,17+,20+,25+/m1/s1. The van der Waals surface area contributed by atoms with E-state index in [9.17, 15) is 39.6 Å². The lowest BCUT2D eigenvalue weighted by atomic mass is 9.57. The van der Waals surface area contributed by atoms with E-state index >= 15 is 0 Å². The Morgan fingerprint density at radius 2 is 1.74 bits per heavy atom. The molecule has 1 aromatic carbocycles. The molecule has 0 fully saturated rings. The van der Waals surface area contributed by atoms with Crippen molar-refractivity contribution in [1.29, 1.82) is 0 Å². The monoisotopic (exact) mass is 531 g/mol. The number of carbonyl (C=O) groups excluding carboxylic acids is 4. The Hall–Kier alpha value is -4.10. The zero-order chi connectivity index (χ0) is 28.4. The van der Waals surface area contributed by atoms with Crippen LogP contribution in [0.1, 0.15) is 15.9 Å². The minimum absolute atomic E-state index is 0.0713. The third kappa shape index (κ3) is 3.53. The molecular weight excluding hydrogens is 502 g/mol. The minimum Gasteiger partial charge on any atom is -0.510 e. The van der Waals surface area contributed by atoms with Crippen molar-refractivity contribution >= 4 is 29.3 Å². The number of phenolic OH excluding ortho intramolecular Hbond substituents is 1. The zero-order valence-electron chi connectivity index (χ0n) is 21.4. The average Bonchev–Trinajstić information content (AvgIpc) is 2.82. The number of hydrogen-bond acceptors (Lipinski definition) is 12. The van der Waals surface area contributed by atoms with Gasteiger partial charge in [-0.1, -0.05) is 0 Å². The summed E-state index contributed by atoms with van der Waals surface area (Å²) in [4.78, 5) is 55.0. The number of phenols is 1. The summed E-state index contributed by atoms with van der Waals surface area (Å²) >= 11 is 0. The molecule has 1 amide bonds. The number of ketones is 2. The summed E-state index contributed by atoms with van der Waals surface area (Å²) in [6, 6.07) is 1.52. The number of fused-ring (bicyclic) bond motifs is 3. The van der Waals surface area contributed by atoms with Gasteiger partial charge >= 0.3 is 6.16 Å². The molecule has 0 aromatic heterocycles. The SMILES string of the molecule is COC(=O)O[C@@H]1[C@H]2[C@H](N(C)C)C(O)=C(C(N)=O)C(=O)[C@@]2(O)C(O)=C2C(=O)c3c(O)ccc(N(C)C)c3C[C@H]21. The van der Waals surface area contributed by atoms with Crippen LogP contribution in [-0.2, 0) is 25.5 Å². The molecule has 38 heavy (non-hydrogen) atoms. The minimum atomic E-state index is -3.00. The van der Waals surface area contributed by atoms with Gasteiger partial charge < -0.3 is 40.5 Å². The third-order valence-electron chi connectivity index (χ3n) is 7.51. The molecule has 0 radical (unpaired) electrons. The highest BCUT2D eigenvalue weighted by atomic mass is 16.7. The van der Waals surface area contributed by atoms with Crippen molar-refractivity contribution in [2.75, 3.05) is 40.2 Å². The second-order valence-electron chi connectivity index (χ2n) is 9.94. The van der Waals surface area contributed by atoms with Gasteiger partial charge in [-0.3, -0.25) is 19.3 Å². The summed E-state index contributed by atoms with van der Waals surface area (Å²) in [6.07, 6.45) is -2.81. The predicted molar refractivity (Wildman–Crippen MR) is 131 cm³/mol. The van der Waals surface area contributed by atoms with Gasteiger partial charge in [-0.25, -0.2) is 4.79 Å². The van der Waals surface area contributed by atoms with Gasteiger partial charge in [-0.05, 0) is 38.2 Å². The van der Waals surface area contributed by atoms with E-state index in [4.69, 9.17) is 10.5 Å². The quantitative estimate of drug-likeness (QED) is 0.257. The number of carbonyl (C=O) groups is 4.